The molecule has 0 bridgehead atoms. The van der Waals surface area contributed by atoms with E-state index < -0.39 is 0 Å². The minimum Gasteiger partial charge on any atom is -0.283 e. The Morgan fingerprint density at radius 3 is 2.30 bits per heavy atom. The van der Waals surface area contributed by atoms with Crippen molar-refractivity contribution in [2.24, 2.45) is 0 Å². The summed E-state index contributed by atoms with van der Waals surface area (Å²) in [7, 11) is 0. The molecule has 1 N–H and O–H groups in total. The minimum atomic E-state index is -0.378. The summed E-state index contributed by atoms with van der Waals surface area (Å²) < 4.78 is 1.69. The van der Waals surface area contributed by atoms with Gasteiger partial charge in [-0.05, 0) is 65.9 Å². The molecule has 0 fully saturated rings. The van der Waals surface area contributed by atoms with E-state index in [4.69, 9.17) is 0 Å². The van der Waals surface area contributed by atoms with Crippen molar-refractivity contribution in [2.75, 3.05) is 0 Å². The predicted molar refractivity (Wildman–Crippen MR) is 124 cm³/mol. The number of aryl methyl sites for hydroxylation is 2. The van der Waals surface area contributed by atoms with Gasteiger partial charge < -0.3 is 0 Å². The molecule has 30 heavy (non-hydrogen) atoms. The van der Waals surface area contributed by atoms with E-state index in [1.165, 1.54) is 11.8 Å². The maximum Gasteiger partial charge on any atom is 0.329 e. The fourth-order valence-corrected chi connectivity index (χ4v) is 5.12. The molecular weight excluding hydrogens is 392 g/mol. The summed E-state index contributed by atoms with van der Waals surface area (Å²) in [6.45, 7) is 6.46. The normalized spacial score (nSPS) is 11.2. The highest BCUT2D eigenvalue weighted by Crippen LogP contribution is 2.31. The number of benzene rings is 3. The Bertz CT molecular complexity index is 1330. The van der Waals surface area contributed by atoms with Crippen LogP contribution in [0.5, 0.6) is 0 Å². The molecule has 0 amide bonds. The summed E-state index contributed by atoms with van der Waals surface area (Å²) in [6.07, 6.45) is 0.556. The van der Waals surface area contributed by atoms with Crippen LogP contribution in [-0.2, 0) is 13.0 Å². The van der Waals surface area contributed by atoms with Crippen LogP contribution in [0.1, 0.15) is 29.2 Å². The zero-order chi connectivity index (χ0) is 21.3. The van der Waals surface area contributed by atoms with Crippen molar-refractivity contribution in [1.82, 2.24) is 9.55 Å². The van der Waals surface area contributed by atoms with Crippen molar-refractivity contribution < 1.29 is 0 Å². The van der Waals surface area contributed by atoms with E-state index in [1.54, 1.807) is 4.57 Å². The average molecular weight is 417 g/mol. The molecule has 0 aliphatic heterocycles. The molecule has 4 aromatic rings. The number of nitrogens with zero attached hydrogens (tertiary/aromatic N) is 1. The van der Waals surface area contributed by atoms with Crippen LogP contribution in [0.3, 0.4) is 0 Å². The zero-order valence-corrected chi connectivity index (χ0v) is 18.2. The lowest BCUT2D eigenvalue weighted by Gasteiger charge is -2.16. The van der Waals surface area contributed by atoms with Crippen LogP contribution in [0.25, 0.3) is 10.8 Å². The van der Waals surface area contributed by atoms with E-state index >= 15 is 0 Å². The summed E-state index contributed by atoms with van der Waals surface area (Å²) in [6, 6.07) is 20.7. The van der Waals surface area contributed by atoms with Gasteiger partial charge in [-0.15, -0.1) is 0 Å². The van der Waals surface area contributed by atoms with E-state index in [1.807, 2.05) is 25.1 Å². The Morgan fingerprint density at radius 2 is 1.60 bits per heavy atom. The number of hydrogen-bond acceptors (Lipinski definition) is 3. The van der Waals surface area contributed by atoms with Crippen LogP contribution < -0.4 is 11.2 Å². The summed E-state index contributed by atoms with van der Waals surface area (Å²) in [5.74, 6) is 0. The summed E-state index contributed by atoms with van der Waals surface area (Å²) in [4.78, 5) is 28.9. The topological polar surface area (TPSA) is 54.9 Å². The monoisotopic (exact) mass is 416 g/mol. The second-order valence-electron chi connectivity index (χ2n) is 7.59. The molecule has 0 saturated carbocycles. The Kier molecular flexibility index (Phi) is 5.64. The number of rotatable bonds is 5. The first-order valence-corrected chi connectivity index (χ1v) is 10.9. The van der Waals surface area contributed by atoms with Gasteiger partial charge in [0.15, 0.2) is 0 Å². The quantitative estimate of drug-likeness (QED) is 0.462. The molecule has 1 heterocycles. The highest BCUT2D eigenvalue weighted by Gasteiger charge is 2.16. The highest BCUT2D eigenvalue weighted by atomic mass is 32.2. The van der Waals surface area contributed by atoms with Crippen LogP contribution in [0.2, 0.25) is 0 Å². The molecular formula is C25H24N2O2S. The smallest absolute Gasteiger partial charge is 0.283 e. The lowest BCUT2D eigenvalue weighted by molar-refractivity contribution is 0.634. The number of nitrogens with one attached hydrogen (secondary N) is 1. The number of hydrogen-bond donors (Lipinski definition) is 1. The molecule has 3 aromatic carbocycles. The van der Waals surface area contributed by atoms with E-state index in [-0.39, 0.29) is 11.2 Å². The van der Waals surface area contributed by atoms with E-state index in [9.17, 15) is 9.59 Å². The first-order chi connectivity index (χ1) is 14.4. The summed E-state index contributed by atoms with van der Waals surface area (Å²) >= 11 is 1.49. The lowest BCUT2D eigenvalue weighted by Crippen LogP contribution is -2.34. The lowest BCUT2D eigenvalue weighted by atomic mass is 10.1. The minimum absolute atomic E-state index is 0.302. The fraction of sp³-hybridized carbons (Fsp3) is 0.200. The first-order valence-electron chi connectivity index (χ1n) is 10.0. The van der Waals surface area contributed by atoms with Crippen molar-refractivity contribution in [3.63, 3.8) is 0 Å². The molecule has 4 nitrogen and oxygen atoms in total. The molecule has 1 aromatic heterocycles. The van der Waals surface area contributed by atoms with Crippen molar-refractivity contribution in [3.05, 3.63) is 104 Å². The van der Waals surface area contributed by atoms with Crippen LogP contribution in [0.4, 0.5) is 0 Å². The van der Waals surface area contributed by atoms with Crippen LogP contribution >= 0.6 is 11.8 Å². The Morgan fingerprint density at radius 1 is 0.900 bits per heavy atom. The number of fused-ring (bicyclic) bond motifs is 1. The number of aromatic nitrogens is 2. The SMILES string of the molecule is CCc1c(Sc2cc(C)cc(C)c2)n(Cc2ccc3ccccc3c2)c(=O)[nH]c1=O. The number of aromatic amines is 1. The van der Waals surface area contributed by atoms with Gasteiger partial charge in [-0.25, -0.2) is 4.79 Å². The van der Waals surface area contributed by atoms with Gasteiger partial charge in [-0.2, -0.15) is 0 Å². The Hall–Kier alpha value is -3.05. The third-order valence-corrected chi connectivity index (χ3v) is 6.29. The van der Waals surface area contributed by atoms with Crippen molar-refractivity contribution in [2.45, 2.75) is 43.7 Å². The number of H-pyrrole nitrogens is 1. The summed E-state index contributed by atoms with van der Waals surface area (Å²) in [5.41, 5.74) is 3.29. The third-order valence-electron chi connectivity index (χ3n) is 5.16. The molecule has 152 valence electrons. The molecule has 0 saturated heterocycles. The van der Waals surface area contributed by atoms with Gasteiger partial charge >= 0.3 is 5.69 Å². The largest absolute Gasteiger partial charge is 0.329 e. The van der Waals surface area contributed by atoms with Gasteiger partial charge in [-0.3, -0.25) is 14.3 Å². The second-order valence-corrected chi connectivity index (χ2v) is 8.65. The molecule has 0 spiro atoms. The van der Waals surface area contributed by atoms with Crippen LogP contribution in [0, 0.1) is 13.8 Å². The van der Waals surface area contributed by atoms with Crippen LogP contribution in [0.15, 0.2) is 80.2 Å². The van der Waals surface area contributed by atoms with Gasteiger partial charge in [0.25, 0.3) is 5.56 Å². The standard InChI is InChI=1S/C25H24N2O2S/c1-4-22-23(28)26-25(29)27(24(22)30-21-12-16(2)11-17(3)13-21)15-18-9-10-19-7-5-6-8-20(19)14-18/h5-14H,4,15H2,1-3H3,(H,26,28,29). The second kappa shape index (κ2) is 8.36. The van der Waals surface area contributed by atoms with Crippen molar-refractivity contribution in [3.8, 4) is 0 Å². The molecule has 0 radical (unpaired) electrons. The molecule has 0 aliphatic rings. The van der Waals surface area contributed by atoms with Crippen molar-refractivity contribution in [1.29, 1.82) is 0 Å². The maximum absolute atomic E-state index is 12.8. The zero-order valence-electron chi connectivity index (χ0n) is 17.4. The van der Waals surface area contributed by atoms with Gasteiger partial charge in [-0.1, -0.05) is 61.2 Å². The molecule has 0 unspecified atom stereocenters. The van der Waals surface area contributed by atoms with Crippen molar-refractivity contribution >= 4 is 22.5 Å². The Labute approximate surface area is 179 Å². The molecule has 4 rings (SSSR count). The van der Waals surface area contributed by atoms with E-state index in [0.29, 0.717) is 23.6 Å². The Balaban J connectivity index is 1.83. The van der Waals surface area contributed by atoms with Gasteiger partial charge in [0.1, 0.15) is 0 Å². The first kappa shape index (κ1) is 20.2. The maximum atomic E-state index is 12.8. The predicted octanol–water partition coefficient (Wildman–Crippen LogP) is 5.07. The van der Waals surface area contributed by atoms with E-state index in [2.05, 4.69) is 61.3 Å². The molecule has 0 aliphatic carbocycles. The third kappa shape index (κ3) is 4.12. The average Bonchev–Trinajstić information content (AvgIpc) is 2.70. The highest BCUT2D eigenvalue weighted by molar-refractivity contribution is 7.99. The summed E-state index contributed by atoms with van der Waals surface area (Å²) in [5, 5.41) is 3.00. The van der Waals surface area contributed by atoms with Gasteiger partial charge in [0.2, 0.25) is 0 Å². The molecule has 0 atom stereocenters. The van der Waals surface area contributed by atoms with E-state index in [0.717, 1.165) is 32.4 Å². The van der Waals surface area contributed by atoms with Crippen LogP contribution in [-0.4, -0.2) is 9.55 Å². The molecule has 5 heteroatoms. The van der Waals surface area contributed by atoms with Gasteiger partial charge in [0.05, 0.1) is 11.6 Å². The van der Waals surface area contributed by atoms with Gasteiger partial charge in [0, 0.05) is 10.5 Å². The fourth-order valence-electron chi connectivity index (χ4n) is 3.79.